The maximum Gasteiger partial charge on any atom is 0.245 e. The van der Waals surface area contributed by atoms with Crippen molar-refractivity contribution in [1.82, 2.24) is 15.0 Å². The molecule has 0 radical (unpaired) electrons. The first kappa shape index (κ1) is 9.72. The number of oxazole rings is 1. The van der Waals surface area contributed by atoms with Crippen LogP contribution < -0.4 is 0 Å². The topological polar surface area (TPSA) is 51.8 Å². The van der Waals surface area contributed by atoms with Gasteiger partial charge in [-0.05, 0) is 24.3 Å². The fraction of sp³-hybridized carbons (Fsp3) is 0. The normalized spacial score (nSPS) is 10.4. The van der Waals surface area contributed by atoms with Crippen LogP contribution in [0, 0.1) is 0 Å². The molecule has 0 saturated carbocycles. The second kappa shape index (κ2) is 4.17. The molecule has 0 aliphatic heterocycles. The molecule has 0 unspecified atom stereocenters. The highest BCUT2D eigenvalue weighted by Gasteiger charge is 2.09. The van der Waals surface area contributed by atoms with Gasteiger partial charge in [-0.15, -0.1) is 0 Å². The quantitative estimate of drug-likeness (QED) is 0.670. The maximum atomic E-state index is 5.62. The molecule has 0 bridgehead atoms. The van der Waals surface area contributed by atoms with E-state index in [0.29, 0.717) is 11.7 Å². The van der Waals surface area contributed by atoms with E-state index in [0.717, 1.165) is 11.4 Å². The van der Waals surface area contributed by atoms with Gasteiger partial charge in [-0.2, -0.15) is 0 Å². The van der Waals surface area contributed by atoms with Crippen LogP contribution in [0.5, 0.6) is 0 Å². The summed E-state index contributed by atoms with van der Waals surface area (Å²) in [6.45, 7) is 0. The lowest BCUT2D eigenvalue weighted by Gasteiger charge is -1.94. The van der Waals surface area contributed by atoms with E-state index in [1.807, 2.05) is 36.4 Å². The Hall–Kier alpha value is -2.49. The van der Waals surface area contributed by atoms with Gasteiger partial charge in [0.05, 0.1) is 6.20 Å². The second-order valence-electron chi connectivity index (χ2n) is 3.46. The third-order valence-electron chi connectivity index (χ3n) is 2.31. The monoisotopic (exact) mass is 223 g/mol. The number of hydrogen-bond acceptors (Lipinski definition) is 4. The van der Waals surface area contributed by atoms with E-state index in [4.69, 9.17) is 4.42 Å². The summed E-state index contributed by atoms with van der Waals surface area (Å²) >= 11 is 0. The van der Waals surface area contributed by atoms with E-state index in [1.54, 1.807) is 18.6 Å². The van der Waals surface area contributed by atoms with Crippen LogP contribution in [-0.2, 0) is 0 Å². The highest BCUT2D eigenvalue weighted by molar-refractivity contribution is 5.55. The van der Waals surface area contributed by atoms with Gasteiger partial charge in [-0.1, -0.05) is 12.1 Å². The van der Waals surface area contributed by atoms with E-state index < -0.39 is 0 Å². The van der Waals surface area contributed by atoms with Gasteiger partial charge in [0.25, 0.3) is 0 Å². The lowest BCUT2D eigenvalue weighted by Crippen LogP contribution is -1.80. The van der Waals surface area contributed by atoms with Gasteiger partial charge >= 0.3 is 0 Å². The minimum absolute atomic E-state index is 0.506. The zero-order chi connectivity index (χ0) is 11.5. The predicted molar refractivity (Wildman–Crippen MR) is 63.0 cm³/mol. The van der Waals surface area contributed by atoms with Gasteiger partial charge in [-0.3, -0.25) is 9.97 Å². The Bertz CT molecular complexity index is 551. The molecule has 0 fully saturated rings. The summed E-state index contributed by atoms with van der Waals surface area (Å²) in [5.74, 6) is 1.15. The molecule has 0 spiro atoms. The Morgan fingerprint density at radius 1 is 0.765 bits per heavy atom. The largest absolute Gasteiger partial charge is 0.433 e. The number of rotatable bonds is 2. The Balaban J connectivity index is 1.99. The molecule has 0 aromatic carbocycles. The van der Waals surface area contributed by atoms with Crippen LogP contribution in [0.4, 0.5) is 0 Å². The molecule has 4 nitrogen and oxygen atoms in total. The molecule has 3 rings (SSSR count). The van der Waals surface area contributed by atoms with Gasteiger partial charge in [-0.25, -0.2) is 4.98 Å². The van der Waals surface area contributed by atoms with Gasteiger partial charge in [0, 0.05) is 12.4 Å². The molecule has 0 amide bonds. The van der Waals surface area contributed by atoms with Gasteiger partial charge in [0.1, 0.15) is 11.4 Å². The van der Waals surface area contributed by atoms with Crippen LogP contribution in [0.2, 0.25) is 0 Å². The highest BCUT2D eigenvalue weighted by Crippen LogP contribution is 2.22. The first-order valence-corrected chi connectivity index (χ1v) is 5.22. The minimum atomic E-state index is 0.506. The molecule has 0 N–H and O–H groups in total. The fourth-order valence-electron chi connectivity index (χ4n) is 1.51. The van der Waals surface area contributed by atoms with Crippen LogP contribution in [-0.4, -0.2) is 15.0 Å². The summed E-state index contributed by atoms with van der Waals surface area (Å²) < 4.78 is 5.62. The third kappa shape index (κ3) is 1.92. The summed E-state index contributed by atoms with van der Waals surface area (Å²) in [5.41, 5.74) is 1.48. The Morgan fingerprint density at radius 2 is 1.47 bits per heavy atom. The van der Waals surface area contributed by atoms with Crippen molar-refractivity contribution in [2.24, 2.45) is 0 Å². The van der Waals surface area contributed by atoms with Crippen molar-refractivity contribution in [2.75, 3.05) is 0 Å². The zero-order valence-corrected chi connectivity index (χ0v) is 8.95. The van der Waals surface area contributed by atoms with E-state index in [-0.39, 0.29) is 0 Å². The molecule has 3 aromatic heterocycles. The van der Waals surface area contributed by atoms with Crippen molar-refractivity contribution in [3.63, 3.8) is 0 Å². The summed E-state index contributed by atoms with van der Waals surface area (Å²) in [6, 6.07) is 11.3. The first-order valence-electron chi connectivity index (χ1n) is 5.22. The van der Waals surface area contributed by atoms with Crippen molar-refractivity contribution in [3.05, 3.63) is 55.0 Å². The van der Waals surface area contributed by atoms with E-state index in [2.05, 4.69) is 15.0 Å². The Labute approximate surface area is 98.0 Å². The van der Waals surface area contributed by atoms with Crippen LogP contribution in [0.1, 0.15) is 0 Å². The molecule has 82 valence electrons. The van der Waals surface area contributed by atoms with E-state index in [9.17, 15) is 0 Å². The summed E-state index contributed by atoms with van der Waals surface area (Å²) in [7, 11) is 0. The van der Waals surface area contributed by atoms with E-state index >= 15 is 0 Å². The second-order valence-corrected chi connectivity index (χ2v) is 3.46. The van der Waals surface area contributed by atoms with Crippen molar-refractivity contribution in [1.29, 1.82) is 0 Å². The van der Waals surface area contributed by atoms with Crippen LogP contribution >= 0.6 is 0 Å². The molecule has 17 heavy (non-hydrogen) atoms. The molecule has 3 heterocycles. The van der Waals surface area contributed by atoms with Crippen molar-refractivity contribution < 1.29 is 4.42 Å². The Morgan fingerprint density at radius 3 is 2.12 bits per heavy atom. The number of nitrogens with zero attached hydrogens (tertiary/aromatic N) is 3. The van der Waals surface area contributed by atoms with Crippen molar-refractivity contribution in [2.45, 2.75) is 0 Å². The first-order chi connectivity index (χ1) is 8.43. The average molecular weight is 223 g/mol. The van der Waals surface area contributed by atoms with Crippen molar-refractivity contribution >= 4 is 0 Å². The molecule has 0 saturated heterocycles. The smallest absolute Gasteiger partial charge is 0.245 e. The van der Waals surface area contributed by atoms with Gasteiger partial charge in [0.15, 0.2) is 5.76 Å². The standard InChI is InChI=1S/C13H9N3O/c1-3-7-14-10(5-1)12-9-16-13(17-12)11-6-2-4-8-15-11/h1-9H. The molecular weight excluding hydrogens is 214 g/mol. The number of aromatic nitrogens is 3. The molecule has 4 heteroatoms. The van der Waals surface area contributed by atoms with Gasteiger partial charge < -0.3 is 4.42 Å². The minimum Gasteiger partial charge on any atom is -0.433 e. The van der Waals surface area contributed by atoms with Gasteiger partial charge in [0.2, 0.25) is 5.89 Å². The molecule has 0 atom stereocenters. The Kier molecular flexibility index (Phi) is 2.38. The average Bonchev–Trinajstić information content (AvgIpc) is 2.90. The molecule has 0 aliphatic rings. The summed E-state index contributed by atoms with van der Waals surface area (Å²) in [5, 5.41) is 0. The summed E-state index contributed by atoms with van der Waals surface area (Å²) in [4.78, 5) is 12.6. The maximum absolute atomic E-state index is 5.62. The van der Waals surface area contributed by atoms with Crippen LogP contribution in [0.25, 0.3) is 23.0 Å². The molecule has 3 aromatic rings. The van der Waals surface area contributed by atoms with Crippen LogP contribution in [0.15, 0.2) is 59.4 Å². The predicted octanol–water partition coefficient (Wildman–Crippen LogP) is 2.80. The fourth-order valence-corrected chi connectivity index (χ4v) is 1.51. The molecule has 0 aliphatic carbocycles. The third-order valence-corrected chi connectivity index (χ3v) is 2.31. The summed E-state index contributed by atoms with van der Waals surface area (Å²) in [6.07, 6.45) is 5.09. The van der Waals surface area contributed by atoms with Crippen LogP contribution in [0.3, 0.4) is 0 Å². The van der Waals surface area contributed by atoms with Crippen molar-refractivity contribution in [3.8, 4) is 23.0 Å². The molecular formula is C13H9N3O. The lowest BCUT2D eigenvalue weighted by atomic mass is 10.3. The SMILES string of the molecule is c1ccc(-c2cnc(-c3ccccn3)o2)nc1. The lowest BCUT2D eigenvalue weighted by molar-refractivity contribution is 0.584. The van der Waals surface area contributed by atoms with E-state index in [1.165, 1.54) is 0 Å². The number of pyridine rings is 2. The zero-order valence-electron chi connectivity index (χ0n) is 8.95. The highest BCUT2D eigenvalue weighted by atomic mass is 16.4. The number of hydrogen-bond donors (Lipinski definition) is 0.